The predicted molar refractivity (Wildman–Crippen MR) is 66.8 cm³/mol. The van der Waals surface area contributed by atoms with Crippen LogP contribution in [0, 0.1) is 6.92 Å². The number of aromatic nitrogens is 1. The molecule has 0 saturated heterocycles. The van der Waals surface area contributed by atoms with E-state index in [1.54, 1.807) is 17.0 Å². The molecule has 2 N–H and O–H groups in total. The Morgan fingerprint density at radius 1 is 1.41 bits per heavy atom. The Morgan fingerprint density at radius 3 is 2.59 bits per heavy atom. The molecule has 17 heavy (non-hydrogen) atoms. The molecule has 1 amide bonds. The molecule has 94 valence electrons. The molecule has 0 atom stereocenters. The number of aryl methyl sites for hydroxylation is 1. The molecule has 0 spiro atoms. The minimum absolute atomic E-state index is 0.00335. The summed E-state index contributed by atoms with van der Waals surface area (Å²) < 4.78 is 5.36. The lowest BCUT2D eigenvalue weighted by atomic mass is 10.3. The zero-order valence-electron chi connectivity index (χ0n) is 10.6. The van der Waals surface area contributed by atoms with Gasteiger partial charge in [-0.15, -0.1) is 0 Å². The van der Waals surface area contributed by atoms with E-state index in [4.69, 9.17) is 10.5 Å². The summed E-state index contributed by atoms with van der Waals surface area (Å²) in [5.41, 5.74) is 6.51. The number of hydrogen-bond acceptors (Lipinski definition) is 4. The maximum absolute atomic E-state index is 11.7. The Kier molecular flexibility index (Phi) is 4.75. The van der Waals surface area contributed by atoms with Gasteiger partial charge in [0, 0.05) is 18.8 Å². The SMILES string of the molecule is CCN(CC)C(=O)COc1ccc(C)nc1N. The van der Waals surface area contributed by atoms with Crippen molar-refractivity contribution in [1.29, 1.82) is 0 Å². The van der Waals surface area contributed by atoms with Crippen LogP contribution in [-0.4, -0.2) is 35.5 Å². The summed E-state index contributed by atoms with van der Waals surface area (Å²) in [4.78, 5) is 17.5. The summed E-state index contributed by atoms with van der Waals surface area (Å²) in [7, 11) is 0. The van der Waals surface area contributed by atoms with E-state index in [2.05, 4.69) is 4.98 Å². The Morgan fingerprint density at radius 2 is 2.06 bits per heavy atom. The summed E-state index contributed by atoms with van der Waals surface area (Å²) in [6.45, 7) is 7.07. The molecule has 1 aromatic heterocycles. The number of likely N-dealkylation sites (N-methyl/N-ethyl adjacent to an activating group) is 1. The first kappa shape index (κ1) is 13.3. The molecule has 0 unspecified atom stereocenters. The molecule has 5 nitrogen and oxygen atoms in total. The minimum Gasteiger partial charge on any atom is -0.480 e. The van der Waals surface area contributed by atoms with Crippen molar-refractivity contribution in [2.45, 2.75) is 20.8 Å². The average Bonchev–Trinajstić information content (AvgIpc) is 2.29. The van der Waals surface area contributed by atoms with Crippen molar-refractivity contribution < 1.29 is 9.53 Å². The van der Waals surface area contributed by atoms with Crippen LogP contribution < -0.4 is 10.5 Å². The lowest BCUT2D eigenvalue weighted by molar-refractivity contribution is -0.132. The van der Waals surface area contributed by atoms with Crippen molar-refractivity contribution in [2.24, 2.45) is 0 Å². The highest BCUT2D eigenvalue weighted by atomic mass is 16.5. The molecule has 0 aliphatic heterocycles. The highest BCUT2D eigenvalue weighted by Crippen LogP contribution is 2.18. The number of nitrogens with two attached hydrogens (primary N) is 1. The third-order valence-corrected chi connectivity index (χ3v) is 2.49. The fourth-order valence-corrected chi connectivity index (χ4v) is 1.49. The quantitative estimate of drug-likeness (QED) is 0.836. The maximum atomic E-state index is 11.7. The third-order valence-electron chi connectivity index (χ3n) is 2.49. The summed E-state index contributed by atoms with van der Waals surface area (Å²) in [6.07, 6.45) is 0. The molecule has 5 heteroatoms. The van der Waals surface area contributed by atoms with E-state index in [1.165, 1.54) is 0 Å². The van der Waals surface area contributed by atoms with Gasteiger partial charge < -0.3 is 15.4 Å². The van der Waals surface area contributed by atoms with Crippen molar-refractivity contribution in [3.05, 3.63) is 17.8 Å². The van der Waals surface area contributed by atoms with E-state index in [0.29, 0.717) is 24.7 Å². The molecule has 0 fully saturated rings. The first-order valence-electron chi connectivity index (χ1n) is 5.72. The van der Waals surface area contributed by atoms with Crippen LogP contribution in [0.4, 0.5) is 5.82 Å². The molecule has 0 radical (unpaired) electrons. The number of pyridine rings is 1. The van der Waals surface area contributed by atoms with Crippen molar-refractivity contribution in [3.8, 4) is 5.75 Å². The number of anilines is 1. The third kappa shape index (κ3) is 3.62. The number of hydrogen-bond donors (Lipinski definition) is 1. The van der Waals surface area contributed by atoms with Crippen LogP contribution in [0.3, 0.4) is 0 Å². The molecule has 0 aliphatic carbocycles. The average molecular weight is 237 g/mol. The van der Waals surface area contributed by atoms with Crippen molar-refractivity contribution >= 4 is 11.7 Å². The van der Waals surface area contributed by atoms with Crippen LogP contribution in [0.1, 0.15) is 19.5 Å². The number of carbonyl (C=O) groups excluding carboxylic acids is 1. The molecule has 0 aliphatic rings. The van der Waals surface area contributed by atoms with E-state index in [-0.39, 0.29) is 12.5 Å². The summed E-state index contributed by atoms with van der Waals surface area (Å²) in [5, 5.41) is 0. The lowest BCUT2D eigenvalue weighted by Gasteiger charge is -2.18. The van der Waals surface area contributed by atoms with Crippen LogP contribution in [0.25, 0.3) is 0 Å². The summed E-state index contributed by atoms with van der Waals surface area (Å²) in [6, 6.07) is 3.53. The van der Waals surface area contributed by atoms with Gasteiger partial charge in [0.1, 0.15) is 0 Å². The fourth-order valence-electron chi connectivity index (χ4n) is 1.49. The number of carbonyl (C=O) groups is 1. The number of rotatable bonds is 5. The van der Waals surface area contributed by atoms with E-state index in [9.17, 15) is 4.79 Å². The molecule has 0 saturated carbocycles. The van der Waals surface area contributed by atoms with Gasteiger partial charge in [0.05, 0.1) is 0 Å². The Hall–Kier alpha value is -1.78. The van der Waals surface area contributed by atoms with Crippen LogP contribution in [0.5, 0.6) is 5.75 Å². The topological polar surface area (TPSA) is 68.5 Å². The highest BCUT2D eigenvalue weighted by Gasteiger charge is 2.11. The molecule has 0 aromatic carbocycles. The van der Waals surface area contributed by atoms with E-state index < -0.39 is 0 Å². The first-order chi connectivity index (χ1) is 8.08. The van der Waals surface area contributed by atoms with Crippen LogP contribution >= 0.6 is 0 Å². The lowest BCUT2D eigenvalue weighted by Crippen LogP contribution is -2.34. The smallest absolute Gasteiger partial charge is 0.260 e. The second-order valence-electron chi connectivity index (χ2n) is 3.69. The van der Waals surface area contributed by atoms with E-state index in [0.717, 1.165) is 5.69 Å². The molecular weight excluding hydrogens is 218 g/mol. The summed E-state index contributed by atoms with van der Waals surface area (Å²) in [5.74, 6) is 0.725. The van der Waals surface area contributed by atoms with Gasteiger partial charge in [-0.2, -0.15) is 0 Å². The molecular formula is C12H19N3O2. The standard InChI is InChI=1S/C12H19N3O2/c1-4-15(5-2)11(16)8-17-10-7-6-9(3)14-12(10)13/h6-7H,4-5,8H2,1-3H3,(H2,13,14). The van der Waals surface area contributed by atoms with Gasteiger partial charge in [-0.05, 0) is 32.9 Å². The predicted octanol–water partition coefficient (Wildman–Crippen LogP) is 1.22. The Balaban J connectivity index is 2.58. The zero-order chi connectivity index (χ0) is 12.8. The van der Waals surface area contributed by atoms with Crippen molar-refractivity contribution in [3.63, 3.8) is 0 Å². The van der Waals surface area contributed by atoms with Crippen LogP contribution in [0.15, 0.2) is 12.1 Å². The Bertz CT molecular complexity index is 389. The zero-order valence-corrected chi connectivity index (χ0v) is 10.6. The molecule has 1 rings (SSSR count). The van der Waals surface area contributed by atoms with Gasteiger partial charge in [-0.25, -0.2) is 4.98 Å². The van der Waals surface area contributed by atoms with Gasteiger partial charge in [0.25, 0.3) is 5.91 Å². The number of ether oxygens (including phenoxy) is 1. The highest BCUT2D eigenvalue weighted by molar-refractivity contribution is 5.77. The number of nitrogen functional groups attached to an aromatic ring is 1. The van der Waals surface area contributed by atoms with Gasteiger partial charge in [0.15, 0.2) is 18.2 Å². The van der Waals surface area contributed by atoms with Crippen molar-refractivity contribution in [1.82, 2.24) is 9.88 Å². The van der Waals surface area contributed by atoms with E-state index >= 15 is 0 Å². The van der Waals surface area contributed by atoms with Crippen molar-refractivity contribution in [2.75, 3.05) is 25.4 Å². The van der Waals surface area contributed by atoms with Gasteiger partial charge in [-0.3, -0.25) is 4.79 Å². The van der Waals surface area contributed by atoms with Crippen LogP contribution in [-0.2, 0) is 4.79 Å². The second-order valence-corrected chi connectivity index (χ2v) is 3.69. The molecule has 1 aromatic rings. The van der Waals surface area contributed by atoms with Crippen LogP contribution in [0.2, 0.25) is 0 Å². The number of nitrogens with zero attached hydrogens (tertiary/aromatic N) is 2. The van der Waals surface area contributed by atoms with Gasteiger partial charge in [-0.1, -0.05) is 0 Å². The monoisotopic (exact) mass is 237 g/mol. The fraction of sp³-hybridized carbons (Fsp3) is 0.500. The maximum Gasteiger partial charge on any atom is 0.260 e. The second kappa shape index (κ2) is 6.08. The molecule has 0 bridgehead atoms. The minimum atomic E-state index is -0.0463. The normalized spacial score (nSPS) is 10.1. The molecule has 1 heterocycles. The summed E-state index contributed by atoms with van der Waals surface area (Å²) >= 11 is 0. The first-order valence-corrected chi connectivity index (χ1v) is 5.72. The van der Waals surface area contributed by atoms with E-state index in [1.807, 2.05) is 20.8 Å². The number of amides is 1. The Labute approximate surface area is 102 Å². The largest absolute Gasteiger partial charge is 0.480 e. The van der Waals surface area contributed by atoms with Gasteiger partial charge >= 0.3 is 0 Å². The van der Waals surface area contributed by atoms with Gasteiger partial charge in [0.2, 0.25) is 0 Å².